The number of rotatable bonds is 9. The summed E-state index contributed by atoms with van der Waals surface area (Å²) in [5, 5.41) is 23.4. The van der Waals surface area contributed by atoms with Gasteiger partial charge in [-0.2, -0.15) is 27.2 Å². The van der Waals surface area contributed by atoms with Crippen LogP contribution < -0.4 is 10.6 Å². The van der Waals surface area contributed by atoms with Gasteiger partial charge in [-0.15, -0.1) is 5.10 Å². The summed E-state index contributed by atoms with van der Waals surface area (Å²) in [7, 11) is 0. The van der Waals surface area contributed by atoms with Crippen molar-refractivity contribution in [2.24, 2.45) is 5.41 Å². The zero-order valence-corrected chi connectivity index (χ0v) is 23.5. The SMILES string of the molecule is Cc1nc(F)ccc1[C@H](Nc1cc(Cl)c2ncc(C#N)c(NCC(C)(C)C(F)(F)F)c2c1)c1nnn(C(C)CF)c1F. The number of hydrogen-bond donors (Lipinski definition) is 2. The molecular weight excluding hydrogens is 586 g/mol. The lowest BCUT2D eigenvalue weighted by atomic mass is 9.92. The first kappa shape index (κ1) is 30.8. The highest BCUT2D eigenvalue weighted by Gasteiger charge is 2.47. The largest absolute Gasteiger partial charge is 0.395 e. The standard InChI is InChI=1S/C27H25ClF6N8/c1-13(9-29)42-25(31)24(40-41-42)23(17-5-6-20(30)38-14(17)2)39-16-7-18-21(37-12-26(3,4)27(32,33)34)15(10-35)11-36-22(18)19(28)8-16/h5-8,11,13,23,39H,9,12H2,1-4H3,(H,36,37)/t13?,23-/m0/s1. The highest BCUT2D eigenvalue weighted by atomic mass is 35.5. The van der Waals surface area contributed by atoms with E-state index in [4.69, 9.17) is 11.6 Å². The molecule has 0 amide bonds. The third-order valence-electron chi connectivity index (χ3n) is 6.81. The second-order valence-electron chi connectivity index (χ2n) is 10.3. The van der Waals surface area contributed by atoms with Gasteiger partial charge in [-0.1, -0.05) is 22.9 Å². The number of anilines is 2. The molecule has 222 valence electrons. The van der Waals surface area contributed by atoms with Crippen molar-refractivity contribution in [3.63, 3.8) is 0 Å². The van der Waals surface area contributed by atoms with Crippen LogP contribution >= 0.6 is 11.6 Å². The van der Waals surface area contributed by atoms with Gasteiger partial charge < -0.3 is 10.6 Å². The van der Waals surface area contributed by atoms with Crippen molar-refractivity contribution in [3.05, 3.63) is 69.9 Å². The summed E-state index contributed by atoms with van der Waals surface area (Å²) in [6.45, 7) is 3.47. The Labute approximate surface area is 241 Å². The Bertz CT molecular complexity index is 1660. The van der Waals surface area contributed by atoms with E-state index < -0.39 is 48.8 Å². The smallest absolute Gasteiger partial charge is 0.382 e. The molecule has 0 fully saturated rings. The van der Waals surface area contributed by atoms with Crippen LogP contribution in [0.4, 0.5) is 37.7 Å². The van der Waals surface area contributed by atoms with Gasteiger partial charge in [0.05, 0.1) is 33.2 Å². The number of halogens is 7. The summed E-state index contributed by atoms with van der Waals surface area (Å²) in [4.78, 5) is 8.00. The third kappa shape index (κ3) is 5.92. The molecular formula is C27H25ClF6N8. The lowest BCUT2D eigenvalue weighted by Gasteiger charge is -2.28. The fourth-order valence-corrected chi connectivity index (χ4v) is 4.42. The predicted molar refractivity (Wildman–Crippen MR) is 145 cm³/mol. The predicted octanol–water partition coefficient (Wildman–Crippen LogP) is 7.07. The molecule has 15 heteroatoms. The van der Waals surface area contributed by atoms with Gasteiger partial charge >= 0.3 is 6.18 Å². The first-order valence-corrected chi connectivity index (χ1v) is 12.9. The fraction of sp³-hybridized carbons (Fsp3) is 0.370. The Morgan fingerprint density at radius 2 is 1.88 bits per heavy atom. The van der Waals surface area contributed by atoms with E-state index in [1.807, 2.05) is 6.07 Å². The molecule has 42 heavy (non-hydrogen) atoms. The third-order valence-corrected chi connectivity index (χ3v) is 7.10. The van der Waals surface area contributed by atoms with Crippen molar-refractivity contribution < 1.29 is 26.3 Å². The zero-order valence-electron chi connectivity index (χ0n) is 22.8. The lowest BCUT2D eigenvalue weighted by Crippen LogP contribution is -2.38. The lowest BCUT2D eigenvalue weighted by molar-refractivity contribution is -0.206. The van der Waals surface area contributed by atoms with Crippen LogP contribution in [0.5, 0.6) is 0 Å². The van der Waals surface area contributed by atoms with Gasteiger partial charge in [-0.25, -0.2) is 14.1 Å². The van der Waals surface area contributed by atoms with E-state index in [1.54, 1.807) is 0 Å². The van der Waals surface area contributed by atoms with Gasteiger partial charge in [-0.3, -0.25) is 4.98 Å². The highest BCUT2D eigenvalue weighted by molar-refractivity contribution is 6.35. The molecule has 0 aliphatic rings. The Balaban J connectivity index is 1.85. The monoisotopic (exact) mass is 610 g/mol. The van der Waals surface area contributed by atoms with Gasteiger partial charge in [-0.05, 0) is 45.9 Å². The molecule has 3 heterocycles. The average molecular weight is 611 g/mol. The van der Waals surface area contributed by atoms with E-state index in [9.17, 15) is 27.2 Å². The maximum atomic E-state index is 15.5. The molecule has 4 rings (SSSR count). The Hall–Kier alpha value is -4.12. The summed E-state index contributed by atoms with van der Waals surface area (Å²) in [5.41, 5.74) is -1.45. The van der Waals surface area contributed by atoms with Crippen LogP contribution in [0.1, 0.15) is 55.4 Å². The summed E-state index contributed by atoms with van der Waals surface area (Å²) >= 11 is 6.51. The minimum atomic E-state index is -4.53. The number of fused-ring (bicyclic) bond motifs is 1. The highest BCUT2D eigenvalue weighted by Crippen LogP contribution is 2.40. The average Bonchev–Trinajstić information content (AvgIpc) is 3.30. The number of aryl methyl sites for hydroxylation is 1. The van der Waals surface area contributed by atoms with E-state index in [0.29, 0.717) is 5.56 Å². The molecule has 1 unspecified atom stereocenters. The number of hydrogen-bond acceptors (Lipinski definition) is 7. The van der Waals surface area contributed by atoms with Crippen LogP contribution in [0.2, 0.25) is 5.02 Å². The van der Waals surface area contributed by atoms with Crippen molar-refractivity contribution in [2.75, 3.05) is 23.9 Å². The molecule has 2 N–H and O–H groups in total. The van der Waals surface area contributed by atoms with Crippen LogP contribution in [0.15, 0.2) is 30.5 Å². The maximum Gasteiger partial charge on any atom is 0.395 e. The topological polar surface area (TPSA) is 104 Å². The molecule has 0 spiro atoms. The number of alkyl halides is 4. The number of nitrogens with zero attached hydrogens (tertiary/aromatic N) is 6. The van der Waals surface area contributed by atoms with Gasteiger partial charge in [0.15, 0.2) is 0 Å². The Morgan fingerprint density at radius 1 is 1.17 bits per heavy atom. The van der Waals surface area contributed by atoms with E-state index in [1.165, 1.54) is 38.2 Å². The van der Waals surface area contributed by atoms with Crippen LogP contribution in [0.3, 0.4) is 0 Å². The van der Waals surface area contributed by atoms with Crippen molar-refractivity contribution in [3.8, 4) is 6.07 Å². The van der Waals surface area contributed by atoms with Gasteiger partial charge in [0.25, 0.3) is 0 Å². The van der Waals surface area contributed by atoms with Crippen LogP contribution in [0, 0.1) is 35.6 Å². The van der Waals surface area contributed by atoms with Gasteiger partial charge in [0.2, 0.25) is 11.9 Å². The van der Waals surface area contributed by atoms with E-state index >= 15 is 4.39 Å². The van der Waals surface area contributed by atoms with Crippen LogP contribution in [-0.2, 0) is 0 Å². The minimum absolute atomic E-state index is 0.0296. The molecule has 0 aliphatic heterocycles. The normalized spacial score (nSPS) is 13.6. The number of pyridine rings is 2. The summed E-state index contributed by atoms with van der Waals surface area (Å²) in [5.74, 6) is -1.72. The maximum absolute atomic E-state index is 15.5. The van der Waals surface area contributed by atoms with E-state index in [-0.39, 0.29) is 44.3 Å². The van der Waals surface area contributed by atoms with Crippen molar-refractivity contribution in [1.29, 1.82) is 5.26 Å². The Kier molecular flexibility index (Phi) is 8.54. The first-order chi connectivity index (χ1) is 19.7. The number of benzene rings is 1. The quantitative estimate of drug-likeness (QED) is 0.154. The molecule has 0 saturated carbocycles. The summed E-state index contributed by atoms with van der Waals surface area (Å²) in [6.07, 6.45) is -3.34. The molecule has 2 atom stereocenters. The second kappa shape index (κ2) is 11.6. The molecule has 0 radical (unpaired) electrons. The van der Waals surface area contributed by atoms with Crippen molar-refractivity contribution >= 4 is 33.9 Å². The summed E-state index contributed by atoms with van der Waals surface area (Å²) < 4.78 is 84.1. The number of aromatic nitrogens is 5. The fourth-order valence-electron chi connectivity index (χ4n) is 4.15. The molecule has 0 bridgehead atoms. The molecule has 8 nitrogen and oxygen atoms in total. The molecule has 0 aliphatic carbocycles. The molecule has 3 aromatic heterocycles. The number of nitriles is 1. The van der Waals surface area contributed by atoms with Gasteiger partial charge in [0.1, 0.15) is 24.5 Å². The molecule has 4 aromatic rings. The van der Waals surface area contributed by atoms with Crippen molar-refractivity contribution in [2.45, 2.75) is 46.0 Å². The van der Waals surface area contributed by atoms with Gasteiger partial charge in [0, 0.05) is 35.1 Å². The van der Waals surface area contributed by atoms with Crippen molar-refractivity contribution in [1.82, 2.24) is 25.0 Å². The first-order valence-electron chi connectivity index (χ1n) is 12.6. The Morgan fingerprint density at radius 3 is 2.50 bits per heavy atom. The number of nitrogens with one attached hydrogen (secondary N) is 2. The second-order valence-corrected chi connectivity index (χ2v) is 10.8. The van der Waals surface area contributed by atoms with E-state index in [0.717, 1.165) is 24.6 Å². The molecule has 0 saturated heterocycles. The zero-order chi connectivity index (χ0) is 31.0. The van der Waals surface area contributed by atoms with E-state index in [2.05, 4.69) is 30.9 Å². The van der Waals surface area contributed by atoms with Crippen LogP contribution in [-0.4, -0.2) is 44.4 Å². The minimum Gasteiger partial charge on any atom is -0.382 e. The molecule has 1 aromatic carbocycles. The summed E-state index contributed by atoms with van der Waals surface area (Å²) in [6, 6.07) is 5.18. The van der Waals surface area contributed by atoms with Crippen LogP contribution in [0.25, 0.3) is 10.9 Å².